The summed E-state index contributed by atoms with van der Waals surface area (Å²) in [5.74, 6) is -0.161. The van der Waals surface area contributed by atoms with E-state index in [1.54, 1.807) is 18.6 Å². The summed E-state index contributed by atoms with van der Waals surface area (Å²) >= 11 is 0. The summed E-state index contributed by atoms with van der Waals surface area (Å²) in [5, 5.41) is 12.2. The number of para-hydroxylation sites is 1. The fraction of sp³-hybridized carbons (Fsp3) is 0.318. The molecular weight excluding hydrogens is 717 g/mol. The first-order chi connectivity index (χ1) is 27.8. The topological polar surface area (TPSA) is 148 Å². The average molecular weight is 765 g/mol. The standard InChI is InChI=1S/C44H48N10O3/c1-30-8-11-34(27-40(30)50-44-46-20-16-38(49-44)32-6-4-19-45-28-32)47-42(56)31-9-12-35(13-10-31)53-21-17-36(18-22-53)54-25-23-52(24-26-54)29-33-5-2-3-7-37(33)48-39-14-15-41(55)51-43(39)57/h2-13,16,19-20,27-28,36,39,48H,14-15,17-18,21-26,29H2,1H3,(H,47,56)(H,46,49,50)(H,51,55,57). The third kappa shape index (κ3) is 9.28. The summed E-state index contributed by atoms with van der Waals surface area (Å²) in [4.78, 5) is 58.0. The van der Waals surface area contributed by atoms with Crippen molar-refractivity contribution in [2.75, 3.05) is 60.1 Å². The fourth-order valence-corrected chi connectivity index (χ4v) is 7.91. The second-order valence-electron chi connectivity index (χ2n) is 15.0. The molecule has 57 heavy (non-hydrogen) atoms. The van der Waals surface area contributed by atoms with Gasteiger partial charge in [-0.3, -0.25) is 34.5 Å². The van der Waals surface area contributed by atoms with Gasteiger partial charge in [-0.25, -0.2) is 9.97 Å². The van der Waals surface area contributed by atoms with E-state index in [4.69, 9.17) is 0 Å². The number of hydrogen-bond donors (Lipinski definition) is 4. The number of amides is 3. The van der Waals surface area contributed by atoms with Crippen LogP contribution in [-0.2, 0) is 16.1 Å². The van der Waals surface area contributed by atoms with Crippen LogP contribution in [-0.4, -0.2) is 93.8 Å². The van der Waals surface area contributed by atoms with Crippen LogP contribution in [0.2, 0.25) is 0 Å². The quantitative estimate of drug-likeness (QED) is 0.120. The number of piperazine rings is 1. The van der Waals surface area contributed by atoms with Gasteiger partial charge in [0.05, 0.1) is 5.69 Å². The lowest BCUT2D eigenvalue weighted by Crippen LogP contribution is -2.53. The Kier molecular flexibility index (Phi) is 11.5. The molecule has 0 saturated carbocycles. The molecule has 5 heterocycles. The zero-order chi connectivity index (χ0) is 39.1. The minimum absolute atomic E-state index is 0.168. The Morgan fingerprint density at radius 3 is 2.42 bits per heavy atom. The van der Waals surface area contributed by atoms with Gasteiger partial charge in [0.2, 0.25) is 17.8 Å². The summed E-state index contributed by atoms with van der Waals surface area (Å²) in [7, 11) is 0. The normalized spacial score (nSPS) is 18.2. The predicted octanol–water partition coefficient (Wildman–Crippen LogP) is 5.85. The fourth-order valence-electron chi connectivity index (χ4n) is 7.91. The van der Waals surface area contributed by atoms with E-state index in [0.29, 0.717) is 36.1 Å². The van der Waals surface area contributed by atoms with E-state index >= 15 is 0 Å². The minimum atomic E-state index is -0.392. The molecular formula is C44H48N10O3. The maximum atomic E-state index is 13.3. The third-order valence-corrected chi connectivity index (χ3v) is 11.2. The first-order valence-electron chi connectivity index (χ1n) is 19.8. The van der Waals surface area contributed by atoms with Crippen LogP contribution in [0.15, 0.2) is 104 Å². The summed E-state index contributed by atoms with van der Waals surface area (Å²) in [6.07, 6.45) is 8.28. The van der Waals surface area contributed by atoms with Crippen LogP contribution in [0.5, 0.6) is 0 Å². The zero-order valence-electron chi connectivity index (χ0n) is 32.2. The molecule has 0 bridgehead atoms. The highest BCUT2D eigenvalue weighted by molar-refractivity contribution is 6.04. The van der Waals surface area contributed by atoms with Crippen molar-refractivity contribution < 1.29 is 14.4 Å². The molecule has 3 fully saturated rings. The van der Waals surface area contributed by atoms with Crippen molar-refractivity contribution >= 4 is 46.4 Å². The number of hydrogen-bond acceptors (Lipinski definition) is 11. The van der Waals surface area contributed by atoms with Crippen LogP contribution in [0.25, 0.3) is 11.3 Å². The Hall–Kier alpha value is -6.18. The Morgan fingerprint density at radius 2 is 1.65 bits per heavy atom. The van der Waals surface area contributed by atoms with Crippen LogP contribution in [0, 0.1) is 6.92 Å². The van der Waals surface area contributed by atoms with Crippen molar-refractivity contribution in [3.63, 3.8) is 0 Å². The second kappa shape index (κ2) is 17.3. The lowest BCUT2D eigenvalue weighted by atomic mass is 10.0. The number of carbonyl (C=O) groups is 3. The molecule has 13 heteroatoms. The largest absolute Gasteiger partial charge is 0.373 e. The van der Waals surface area contributed by atoms with E-state index in [9.17, 15) is 14.4 Å². The Balaban J connectivity index is 0.798. The van der Waals surface area contributed by atoms with Gasteiger partial charge in [-0.15, -0.1) is 0 Å². The van der Waals surface area contributed by atoms with Gasteiger partial charge in [0.25, 0.3) is 5.91 Å². The number of anilines is 5. The maximum Gasteiger partial charge on any atom is 0.255 e. The van der Waals surface area contributed by atoms with E-state index in [0.717, 1.165) is 92.5 Å². The monoisotopic (exact) mass is 764 g/mol. The van der Waals surface area contributed by atoms with Gasteiger partial charge in [-0.05, 0) is 98.0 Å². The highest BCUT2D eigenvalue weighted by Gasteiger charge is 2.29. The van der Waals surface area contributed by atoms with Gasteiger partial charge in [0.1, 0.15) is 6.04 Å². The molecule has 3 aliphatic rings. The van der Waals surface area contributed by atoms with Gasteiger partial charge < -0.3 is 20.9 Å². The third-order valence-electron chi connectivity index (χ3n) is 11.2. The minimum Gasteiger partial charge on any atom is -0.373 e. The molecule has 0 aliphatic carbocycles. The number of pyridine rings is 1. The molecule has 5 aromatic rings. The first kappa shape index (κ1) is 37.7. The summed E-state index contributed by atoms with van der Waals surface area (Å²) in [6, 6.07) is 27.7. The van der Waals surface area contributed by atoms with E-state index in [-0.39, 0.29) is 17.7 Å². The zero-order valence-corrected chi connectivity index (χ0v) is 32.2. The molecule has 3 amide bonds. The first-order valence-corrected chi connectivity index (χ1v) is 19.8. The number of carbonyl (C=O) groups excluding carboxylic acids is 3. The van der Waals surface area contributed by atoms with Crippen LogP contribution < -0.4 is 26.2 Å². The van der Waals surface area contributed by atoms with Gasteiger partial charge in [0, 0.05) is 111 Å². The maximum absolute atomic E-state index is 13.3. The predicted molar refractivity (Wildman–Crippen MR) is 222 cm³/mol. The average Bonchev–Trinajstić information content (AvgIpc) is 3.24. The molecule has 3 aromatic carbocycles. The van der Waals surface area contributed by atoms with Crippen molar-refractivity contribution in [2.24, 2.45) is 0 Å². The van der Waals surface area contributed by atoms with Gasteiger partial charge >= 0.3 is 0 Å². The Labute approximate surface area is 332 Å². The molecule has 0 spiro atoms. The highest BCUT2D eigenvalue weighted by atomic mass is 16.2. The molecule has 1 atom stereocenters. The number of aromatic nitrogens is 3. The van der Waals surface area contributed by atoms with Gasteiger partial charge in [0.15, 0.2) is 0 Å². The Bertz CT molecular complexity index is 2200. The smallest absolute Gasteiger partial charge is 0.255 e. The highest BCUT2D eigenvalue weighted by Crippen LogP contribution is 2.28. The second-order valence-corrected chi connectivity index (χ2v) is 15.0. The molecule has 1 unspecified atom stereocenters. The molecule has 2 aromatic heterocycles. The lowest BCUT2D eigenvalue weighted by molar-refractivity contribution is -0.133. The number of imide groups is 1. The van der Waals surface area contributed by atoms with Crippen LogP contribution in [0.3, 0.4) is 0 Å². The summed E-state index contributed by atoms with van der Waals surface area (Å²) in [6.45, 7) is 8.81. The lowest BCUT2D eigenvalue weighted by Gasteiger charge is -2.43. The SMILES string of the molecule is Cc1ccc(NC(=O)c2ccc(N3CCC(N4CCN(Cc5ccccc5NC5CCC(=O)NC5=O)CC4)CC3)cc2)cc1Nc1nccc(-c2cccnc2)n1. The molecule has 8 rings (SSSR count). The van der Waals surface area contributed by atoms with E-state index in [2.05, 4.69) is 69.1 Å². The van der Waals surface area contributed by atoms with E-state index in [1.165, 1.54) is 5.56 Å². The number of benzene rings is 3. The number of nitrogens with one attached hydrogen (secondary N) is 4. The van der Waals surface area contributed by atoms with Gasteiger partial charge in [-0.2, -0.15) is 0 Å². The molecule has 3 saturated heterocycles. The summed E-state index contributed by atoms with van der Waals surface area (Å²) in [5.41, 5.74) is 8.01. The number of piperidine rings is 2. The van der Waals surface area contributed by atoms with Crippen molar-refractivity contribution in [2.45, 2.75) is 51.2 Å². The number of rotatable bonds is 11. The summed E-state index contributed by atoms with van der Waals surface area (Å²) < 4.78 is 0. The Morgan fingerprint density at radius 1 is 0.842 bits per heavy atom. The number of nitrogens with zero attached hydrogens (tertiary/aromatic N) is 6. The van der Waals surface area contributed by atoms with Crippen molar-refractivity contribution in [3.05, 3.63) is 120 Å². The van der Waals surface area contributed by atoms with Crippen LogP contribution in [0.4, 0.5) is 28.7 Å². The van der Waals surface area contributed by atoms with Crippen molar-refractivity contribution in [1.29, 1.82) is 0 Å². The molecule has 4 N–H and O–H groups in total. The molecule has 3 aliphatic heterocycles. The molecule has 0 radical (unpaired) electrons. The van der Waals surface area contributed by atoms with Gasteiger partial charge in [-0.1, -0.05) is 24.3 Å². The molecule has 13 nitrogen and oxygen atoms in total. The van der Waals surface area contributed by atoms with E-state index < -0.39 is 6.04 Å². The molecule has 292 valence electrons. The van der Waals surface area contributed by atoms with Crippen molar-refractivity contribution in [1.82, 2.24) is 30.1 Å². The van der Waals surface area contributed by atoms with Crippen LogP contribution in [0.1, 0.15) is 47.2 Å². The number of aryl methyl sites for hydroxylation is 1. The van der Waals surface area contributed by atoms with Crippen LogP contribution >= 0.6 is 0 Å². The van der Waals surface area contributed by atoms with E-state index in [1.807, 2.05) is 73.7 Å². The van der Waals surface area contributed by atoms with Crippen molar-refractivity contribution in [3.8, 4) is 11.3 Å².